The first kappa shape index (κ1) is 14.8. The normalized spacial score (nSPS) is 10.5. The standard InChI is InChI=1S/C13H13NO7/c1-18-8-9-6-13(15)21-12-7-10(2-3-11(9)12)19-4-5-20-14(16)17/h2-3,6-7H,4-5,8H2,1H3. The average molecular weight is 295 g/mol. The van der Waals surface area contributed by atoms with Crippen molar-refractivity contribution >= 4 is 11.0 Å². The lowest BCUT2D eigenvalue weighted by Gasteiger charge is -2.08. The van der Waals surface area contributed by atoms with E-state index in [1.807, 2.05) is 0 Å². The Morgan fingerprint density at radius 1 is 1.29 bits per heavy atom. The topological polar surface area (TPSA) is 101 Å². The molecule has 0 bridgehead atoms. The van der Waals surface area contributed by atoms with Crippen molar-refractivity contribution in [3.63, 3.8) is 0 Å². The third-order valence-electron chi connectivity index (χ3n) is 2.65. The molecule has 0 saturated heterocycles. The smallest absolute Gasteiger partial charge is 0.336 e. The molecule has 8 heteroatoms. The van der Waals surface area contributed by atoms with Gasteiger partial charge in [-0.25, -0.2) is 4.79 Å². The minimum Gasteiger partial charge on any atom is -0.491 e. The van der Waals surface area contributed by atoms with Gasteiger partial charge < -0.3 is 18.7 Å². The molecule has 1 heterocycles. The van der Waals surface area contributed by atoms with Gasteiger partial charge in [-0.15, -0.1) is 10.1 Å². The number of methoxy groups -OCH3 is 1. The number of ether oxygens (including phenoxy) is 2. The maximum Gasteiger partial charge on any atom is 0.336 e. The second-order valence-electron chi connectivity index (χ2n) is 4.09. The van der Waals surface area contributed by atoms with Crippen LogP contribution in [0.2, 0.25) is 0 Å². The predicted molar refractivity (Wildman–Crippen MR) is 71.6 cm³/mol. The molecule has 0 unspecified atom stereocenters. The Morgan fingerprint density at radius 2 is 2.10 bits per heavy atom. The van der Waals surface area contributed by atoms with Crippen LogP contribution >= 0.6 is 0 Å². The van der Waals surface area contributed by atoms with Gasteiger partial charge in [0.1, 0.15) is 24.5 Å². The highest BCUT2D eigenvalue weighted by Crippen LogP contribution is 2.23. The van der Waals surface area contributed by atoms with Crippen LogP contribution in [0.25, 0.3) is 11.0 Å². The van der Waals surface area contributed by atoms with E-state index < -0.39 is 10.7 Å². The van der Waals surface area contributed by atoms with Crippen LogP contribution in [0.3, 0.4) is 0 Å². The molecule has 2 rings (SSSR count). The fraction of sp³-hybridized carbons (Fsp3) is 0.308. The van der Waals surface area contributed by atoms with Gasteiger partial charge in [0.2, 0.25) is 0 Å². The van der Waals surface area contributed by atoms with Crippen molar-refractivity contribution in [2.75, 3.05) is 20.3 Å². The fourth-order valence-corrected chi connectivity index (χ4v) is 1.85. The molecular formula is C13H13NO7. The number of rotatable bonds is 7. The van der Waals surface area contributed by atoms with E-state index in [4.69, 9.17) is 13.9 Å². The molecular weight excluding hydrogens is 282 g/mol. The van der Waals surface area contributed by atoms with Gasteiger partial charge >= 0.3 is 5.63 Å². The summed E-state index contributed by atoms with van der Waals surface area (Å²) in [6.45, 7) is 0.117. The summed E-state index contributed by atoms with van der Waals surface area (Å²) in [4.78, 5) is 25.6. The summed E-state index contributed by atoms with van der Waals surface area (Å²) in [6, 6.07) is 6.32. The molecule has 0 fully saturated rings. The average Bonchev–Trinajstić information content (AvgIpc) is 2.43. The summed E-state index contributed by atoms with van der Waals surface area (Å²) in [5, 5.41) is 9.84. The van der Waals surface area contributed by atoms with E-state index in [-0.39, 0.29) is 13.2 Å². The van der Waals surface area contributed by atoms with Crippen LogP contribution in [0.4, 0.5) is 0 Å². The largest absolute Gasteiger partial charge is 0.491 e. The molecule has 0 aliphatic carbocycles. The number of hydrogen-bond acceptors (Lipinski definition) is 7. The van der Waals surface area contributed by atoms with E-state index in [2.05, 4.69) is 4.84 Å². The summed E-state index contributed by atoms with van der Waals surface area (Å²) >= 11 is 0. The molecule has 0 aliphatic rings. The summed E-state index contributed by atoms with van der Waals surface area (Å²) in [5.41, 5.74) is 0.595. The molecule has 0 radical (unpaired) electrons. The monoisotopic (exact) mass is 295 g/mol. The van der Waals surface area contributed by atoms with Crippen molar-refractivity contribution < 1.29 is 23.8 Å². The Bertz CT molecular complexity index is 694. The Morgan fingerprint density at radius 3 is 2.81 bits per heavy atom. The van der Waals surface area contributed by atoms with Gasteiger partial charge in [0, 0.05) is 24.6 Å². The van der Waals surface area contributed by atoms with Crippen LogP contribution in [0.5, 0.6) is 5.75 Å². The van der Waals surface area contributed by atoms with Crippen molar-refractivity contribution in [3.05, 3.63) is 50.4 Å². The first-order chi connectivity index (χ1) is 10.1. The van der Waals surface area contributed by atoms with Crippen LogP contribution < -0.4 is 10.4 Å². The lowest BCUT2D eigenvalue weighted by atomic mass is 10.1. The highest BCUT2D eigenvalue weighted by Gasteiger charge is 2.07. The second-order valence-corrected chi connectivity index (χ2v) is 4.09. The van der Waals surface area contributed by atoms with Gasteiger partial charge in [-0.2, -0.15) is 0 Å². The molecule has 21 heavy (non-hydrogen) atoms. The molecule has 0 atom stereocenters. The summed E-state index contributed by atoms with van der Waals surface area (Å²) in [5.74, 6) is 0.423. The van der Waals surface area contributed by atoms with Gasteiger partial charge in [-0.05, 0) is 17.7 Å². The van der Waals surface area contributed by atoms with Gasteiger partial charge in [0.15, 0.2) is 0 Å². The molecule has 1 aromatic heterocycles. The maximum absolute atomic E-state index is 11.5. The summed E-state index contributed by atoms with van der Waals surface area (Å²) in [7, 11) is 1.53. The quantitative estimate of drug-likeness (QED) is 0.330. The minimum atomic E-state index is -0.889. The van der Waals surface area contributed by atoms with E-state index >= 15 is 0 Å². The summed E-state index contributed by atoms with van der Waals surface area (Å²) in [6.07, 6.45) is 0. The number of nitrogens with zero attached hydrogens (tertiary/aromatic N) is 1. The van der Waals surface area contributed by atoms with E-state index in [0.29, 0.717) is 23.5 Å². The zero-order valence-corrected chi connectivity index (χ0v) is 11.2. The van der Waals surface area contributed by atoms with Gasteiger partial charge in [-0.3, -0.25) is 0 Å². The molecule has 112 valence electrons. The number of fused-ring (bicyclic) bond motifs is 1. The molecule has 0 N–H and O–H groups in total. The molecule has 0 saturated carbocycles. The van der Waals surface area contributed by atoms with Crippen LogP contribution in [0.15, 0.2) is 33.5 Å². The Balaban J connectivity index is 2.17. The SMILES string of the molecule is COCc1cc(=O)oc2cc(OCCO[N+](=O)[O-])ccc12. The highest BCUT2D eigenvalue weighted by molar-refractivity contribution is 5.81. The maximum atomic E-state index is 11.5. The lowest BCUT2D eigenvalue weighted by molar-refractivity contribution is -0.757. The summed E-state index contributed by atoms with van der Waals surface area (Å²) < 4.78 is 15.4. The molecule has 0 spiro atoms. The van der Waals surface area contributed by atoms with Crippen LogP contribution in [0, 0.1) is 10.1 Å². The highest BCUT2D eigenvalue weighted by atomic mass is 17.0. The second kappa shape index (κ2) is 6.71. The molecule has 2 aromatic rings. The van der Waals surface area contributed by atoms with Crippen LogP contribution in [-0.4, -0.2) is 25.4 Å². The Hall–Kier alpha value is -2.61. The third-order valence-corrected chi connectivity index (χ3v) is 2.65. The molecule has 0 aliphatic heterocycles. The zero-order chi connectivity index (χ0) is 15.2. The van der Waals surface area contributed by atoms with Crippen molar-refractivity contribution in [3.8, 4) is 5.75 Å². The van der Waals surface area contributed by atoms with Crippen molar-refractivity contribution in [1.29, 1.82) is 0 Å². The Kier molecular flexibility index (Phi) is 4.72. The fourth-order valence-electron chi connectivity index (χ4n) is 1.85. The third kappa shape index (κ3) is 3.93. The van der Waals surface area contributed by atoms with Crippen molar-refractivity contribution in [2.24, 2.45) is 0 Å². The van der Waals surface area contributed by atoms with Gasteiger partial charge in [-0.1, -0.05) is 0 Å². The molecule has 1 aromatic carbocycles. The van der Waals surface area contributed by atoms with Crippen LogP contribution in [0.1, 0.15) is 5.56 Å². The van der Waals surface area contributed by atoms with Gasteiger partial charge in [0.05, 0.1) is 6.61 Å². The van der Waals surface area contributed by atoms with E-state index in [1.165, 1.54) is 13.2 Å². The number of hydrogen-bond donors (Lipinski definition) is 0. The minimum absolute atomic E-state index is 0.00841. The first-order valence-electron chi connectivity index (χ1n) is 6.06. The van der Waals surface area contributed by atoms with Crippen molar-refractivity contribution in [2.45, 2.75) is 6.61 Å². The number of benzene rings is 1. The first-order valence-corrected chi connectivity index (χ1v) is 6.06. The lowest BCUT2D eigenvalue weighted by Crippen LogP contribution is -2.10. The molecule has 0 amide bonds. The Labute approximate surface area is 118 Å². The molecule has 8 nitrogen and oxygen atoms in total. The zero-order valence-electron chi connectivity index (χ0n) is 11.2. The van der Waals surface area contributed by atoms with Crippen molar-refractivity contribution in [1.82, 2.24) is 0 Å². The van der Waals surface area contributed by atoms with E-state index in [1.54, 1.807) is 18.2 Å². The predicted octanol–water partition coefficient (Wildman–Crippen LogP) is 1.53. The van der Waals surface area contributed by atoms with Crippen LogP contribution in [-0.2, 0) is 16.2 Å². The van der Waals surface area contributed by atoms with E-state index in [9.17, 15) is 14.9 Å². The van der Waals surface area contributed by atoms with Gasteiger partial charge in [0.25, 0.3) is 5.09 Å². The van der Waals surface area contributed by atoms with E-state index in [0.717, 1.165) is 5.39 Å².